The Hall–Kier alpha value is -2.67. The molecule has 1 saturated heterocycles. The lowest BCUT2D eigenvalue weighted by Crippen LogP contribution is -2.28. The van der Waals surface area contributed by atoms with Crippen molar-refractivity contribution in [2.45, 2.75) is 5.92 Å². The van der Waals surface area contributed by atoms with Gasteiger partial charge < -0.3 is 10.3 Å². The lowest BCUT2D eigenvalue weighted by molar-refractivity contribution is -0.119. The predicted molar refractivity (Wildman–Crippen MR) is 87.0 cm³/mol. The number of H-pyrrole nitrogens is 1. The molecule has 1 fully saturated rings. The Balaban J connectivity index is 1.53. The van der Waals surface area contributed by atoms with E-state index in [0.717, 1.165) is 23.1 Å². The van der Waals surface area contributed by atoms with E-state index >= 15 is 0 Å². The molecule has 0 saturated carbocycles. The summed E-state index contributed by atoms with van der Waals surface area (Å²) in [6.45, 7) is 1.44. The molecule has 4 rings (SSSR count). The normalized spacial score (nSPS) is 20.9. The molecule has 1 aromatic carbocycles. The predicted octanol–water partition coefficient (Wildman–Crippen LogP) is 1.24. The fourth-order valence-electron chi connectivity index (χ4n) is 3.16. The van der Waals surface area contributed by atoms with Gasteiger partial charge in [0.2, 0.25) is 11.9 Å². The van der Waals surface area contributed by atoms with Gasteiger partial charge in [0.1, 0.15) is 0 Å². The van der Waals surface area contributed by atoms with Crippen LogP contribution in [0, 0.1) is 5.92 Å². The fraction of sp³-hybridized carbons (Fsp3) is 0.312. The number of para-hydroxylation sites is 2. The maximum absolute atomic E-state index is 12.6. The number of rotatable bonds is 3. The molecule has 7 nitrogen and oxygen atoms in total. The van der Waals surface area contributed by atoms with Crippen molar-refractivity contribution in [1.82, 2.24) is 25.1 Å². The topological polar surface area (TPSA) is 87.6 Å². The number of imidazole rings is 1. The third-order valence-corrected chi connectivity index (χ3v) is 4.33. The van der Waals surface area contributed by atoms with Crippen molar-refractivity contribution >= 4 is 22.9 Å². The van der Waals surface area contributed by atoms with Crippen molar-refractivity contribution in [2.75, 3.05) is 18.4 Å². The molecule has 3 N–H and O–H groups in total. The number of aromatic amines is 1. The number of carbonyl (C=O) groups excluding carboxylic acids is 1. The zero-order valence-electron chi connectivity index (χ0n) is 12.8. The number of nitrogens with zero attached hydrogens (tertiary/aromatic N) is 3. The largest absolute Gasteiger partial charge is 0.324 e. The van der Waals surface area contributed by atoms with Crippen LogP contribution in [-0.2, 0) is 11.8 Å². The minimum atomic E-state index is -0.132. The van der Waals surface area contributed by atoms with Crippen LogP contribution in [0.25, 0.3) is 11.0 Å². The lowest BCUT2D eigenvalue weighted by Gasteiger charge is -2.15. The number of aryl methyl sites for hydroxylation is 1. The van der Waals surface area contributed by atoms with Crippen LogP contribution < -0.4 is 10.6 Å². The molecule has 2 atom stereocenters. The Kier molecular flexibility index (Phi) is 3.34. The van der Waals surface area contributed by atoms with Crippen LogP contribution in [-0.4, -0.2) is 38.7 Å². The summed E-state index contributed by atoms with van der Waals surface area (Å²) >= 11 is 0. The summed E-state index contributed by atoms with van der Waals surface area (Å²) < 4.78 is 1.77. The van der Waals surface area contributed by atoms with Gasteiger partial charge in [-0.15, -0.1) is 0 Å². The smallest absolute Gasteiger partial charge is 0.231 e. The van der Waals surface area contributed by atoms with Crippen molar-refractivity contribution < 1.29 is 4.79 Å². The van der Waals surface area contributed by atoms with Gasteiger partial charge in [0.15, 0.2) is 0 Å². The molecular weight excluding hydrogens is 292 g/mol. The van der Waals surface area contributed by atoms with Gasteiger partial charge in [-0.05, 0) is 17.7 Å². The van der Waals surface area contributed by atoms with E-state index in [0.29, 0.717) is 12.5 Å². The molecule has 1 aliphatic rings. The standard InChI is InChI=1S/C16H18N6O/c1-22-9-10(6-18-22)11-7-17-8-12(11)15(23)21-16-19-13-4-2-3-5-14(13)20-16/h2-6,9,11-12,17H,7-8H2,1H3,(H2,19,20,21,23)/t11-,12+/m1/s1. The molecule has 2 aromatic heterocycles. The number of amides is 1. The molecule has 0 spiro atoms. The summed E-state index contributed by atoms with van der Waals surface area (Å²) in [5.74, 6) is 0.469. The molecule has 118 valence electrons. The van der Waals surface area contributed by atoms with Gasteiger partial charge in [0.05, 0.1) is 23.1 Å². The van der Waals surface area contributed by atoms with Crippen LogP contribution >= 0.6 is 0 Å². The highest BCUT2D eigenvalue weighted by molar-refractivity contribution is 5.93. The Morgan fingerprint density at radius 2 is 2.22 bits per heavy atom. The second-order valence-electron chi connectivity index (χ2n) is 5.91. The molecule has 23 heavy (non-hydrogen) atoms. The Labute approximate surface area is 133 Å². The van der Waals surface area contributed by atoms with E-state index in [1.54, 1.807) is 4.68 Å². The summed E-state index contributed by atoms with van der Waals surface area (Å²) in [5, 5.41) is 10.4. The minimum Gasteiger partial charge on any atom is -0.324 e. The molecule has 1 amide bonds. The zero-order chi connectivity index (χ0) is 15.8. The van der Waals surface area contributed by atoms with Gasteiger partial charge in [-0.2, -0.15) is 5.10 Å². The summed E-state index contributed by atoms with van der Waals surface area (Å²) in [5.41, 5.74) is 2.84. The summed E-state index contributed by atoms with van der Waals surface area (Å²) in [7, 11) is 1.88. The van der Waals surface area contributed by atoms with E-state index in [4.69, 9.17) is 0 Å². The Morgan fingerprint density at radius 1 is 1.35 bits per heavy atom. The van der Waals surface area contributed by atoms with Crippen molar-refractivity contribution in [1.29, 1.82) is 0 Å². The monoisotopic (exact) mass is 310 g/mol. The summed E-state index contributed by atoms with van der Waals surface area (Å²) in [4.78, 5) is 20.2. The number of aromatic nitrogens is 4. The van der Waals surface area contributed by atoms with Gasteiger partial charge in [0, 0.05) is 32.3 Å². The Morgan fingerprint density at radius 3 is 3.00 bits per heavy atom. The van der Waals surface area contributed by atoms with Gasteiger partial charge in [0.25, 0.3) is 0 Å². The van der Waals surface area contributed by atoms with E-state index in [-0.39, 0.29) is 17.7 Å². The highest BCUT2D eigenvalue weighted by Crippen LogP contribution is 2.28. The molecular formula is C16H18N6O. The first-order chi connectivity index (χ1) is 11.2. The first kappa shape index (κ1) is 14.0. The van der Waals surface area contributed by atoms with Crippen LogP contribution in [0.3, 0.4) is 0 Å². The van der Waals surface area contributed by atoms with Gasteiger partial charge >= 0.3 is 0 Å². The number of benzene rings is 1. The average Bonchev–Trinajstić information content (AvgIpc) is 3.24. The quantitative estimate of drug-likeness (QED) is 0.679. The summed E-state index contributed by atoms with van der Waals surface area (Å²) in [6.07, 6.45) is 3.80. The molecule has 3 aromatic rings. The maximum Gasteiger partial charge on any atom is 0.231 e. The molecule has 1 aliphatic heterocycles. The molecule has 0 aliphatic carbocycles. The maximum atomic E-state index is 12.6. The highest BCUT2D eigenvalue weighted by Gasteiger charge is 2.35. The van der Waals surface area contributed by atoms with Gasteiger partial charge in [-0.1, -0.05) is 12.1 Å². The Bertz CT molecular complexity index is 818. The van der Waals surface area contributed by atoms with Crippen molar-refractivity contribution in [2.24, 2.45) is 13.0 Å². The van der Waals surface area contributed by atoms with Crippen molar-refractivity contribution in [3.8, 4) is 0 Å². The van der Waals surface area contributed by atoms with Crippen LogP contribution in [0.1, 0.15) is 11.5 Å². The minimum absolute atomic E-state index is 0.0251. The number of hydrogen-bond acceptors (Lipinski definition) is 4. The highest BCUT2D eigenvalue weighted by atomic mass is 16.2. The van der Waals surface area contributed by atoms with Crippen molar-refractivity contribution in [3.05, 3.63) is 42.2 Å². The SMILES string of the molecule is Cn1cc([C@H]2CNC[C@@H]2C(=O)Nc2nc3ccccc3[nH]2)cn1. The van der Waals surface area contributed by atoms with E-state index in [9.17, 15) is 4.79 Å². The zero-order valence-corrected chi connectivity index (χ0v) is 12.8. The van der Waals surface area contributed by atoms with Crippen LogP contribution in [0.15, 0.2) is 36.7 Å². The van der Waals surface area contributed by atoms with E-state index in [1.807, 2.05) is 43.7 Å². The number of anilines is 1. The first-order valence-electron chi connectivity index (χ1n) is 7.65. The van der Waals surface area contributed by atoms with Crippen LogP contribution in [0.4, 0.5) is 5.95 Å². The molecule has 3 heterocycles. The summed E-state index contributed by atoms with van der Waals surface area (Å²) in [6, 6.07) is 7.71. The second kappa shape index (κ2) is 5.51. The third-order valence-electron chi connectivity index (χ3n) is 4.33. The second-order valence-corrected chi connectivity index (χ2v) is 5.91. The molecule has 0 bridgehead atoms. The van der Waals surface area contributed by atoms with Crippen LogP contribution in [0.5, 0.6) is 0 Å². The third kappa shape index (κ3) is 2.59. The molecule has 0 radical (unpaired) electrons. The molecule has 7 heteroatoms. The van der Waals surface area contributed by atoms with Gasteiger partial charge in [-0.3, -0.25) is 14.8 Å². The first-order valence-corrected chi connectivity index (χ1v) is 7.65. The van der Waals surface area contributed by atoms with Crippen molar-refractivity contribution in [3.63, 3.8) is 0 Å². The van der Waals surface area contributed by atoms with Gasteiger partial charge in [-0.25, -0.2) is 4.98 Å². The van der Waals surface area contributed by atoms with E-state index in [1.165, 1.54) is 0 Å². The number of carbonyl (C=O) groups is 1. The molecule has 0 unspecified atom stereocenters. The fourth-order valence-corrected chi connectivity index (χ4v) is 3.16. The lowest BCUT2D eigenvalue weighted by atomic mass is 9.90. The van der Waals surface area contributed by atoms with Crippen LogP contribution in [0.2, 0.25) is 0 Å². The van der Waals surface area contributed by atoms with E-state index in [2.05, 4.69) is 25.7 Å². The number of nitrogens with one attached hydrogen (secondary N) is 3. The number of hydrogen-bond donors (Lipinski definition) is 3. The number of fused-ring (bicyclic) bond motifs is 1. The van der Waals surface area contributed by atoms with E-state index < -0.39 is 0 Å². The average molecular weight is 310 g/mol.